The van der Waals surface area contributed by atoms with Crippen LogP contribution in [0.4, 0.5) is 0 Å². The Morgan fingerprint density at radius 3 is 2.38 bits per heavy atom. The molecule has 0 radical (unpaired) electrons. The molecule has 0 aromatic heterocycles. The Morgan fingerprint density at radius 2 is 2.00 bits per heavy atom. The summed E-state index contributed by atoms with van der Waals surface area (Å²) in [5.74, 6) is 0.818. The Labute approximate surface area is 78.9 Å². The van der Waals surface area contributed by atoms with Crippen molar-refractivity contribution in [1.82, 2.24) is 0 Å². The van der Waals surface area contributed by atoms with Gasteiger partial charge in [0, 0.05) is 6.04 Å². The van der Waals surface area contributed by atoms with Crippen LogP contribution in [-0.2, 0) is 0 Å². The first-order valence-corrected chi connectivity index (χ1v) is 5.01. The summed E-state index contributed by atoms with van der Waals surface area (Å²) in [6.45, 7) is 4.13. The minimum Gasteiger partial charge on any atom is -0.393 e. The molecule has 3 saturated carbocycles. The molecule has 0 aliphatic heterocycles. The molecule has 0 spiro atoms. The van der Waals surface area contributed by atoms with Crippen molar-refractivity contribution in [3.63, 3.8) is 0 Å². The van der Waals surface area contributed by atoms with E-state index in [0.29, 0.717) is 5.92 Å². The van der Waals surface area contributed by atoms with Gasteiger partial charge in [-0.1, -0.05) is 13.8 Å². The van der Waals surface area contributed by atoms with Gasteiger partial charge in [-0.15, -0.1) is 0 Å². The predicted octanol–water partition coefficient (Wildman–Crippen LogP) is 0.103. The summed E-state index contributed by atoms with van der Waals surface area (Å²) >= 11 is 0. The van der Waals surface area contributed by atoms with Crippen LogP contribution in [0.3, 0.4) is 0 Å². The Kier molecular flexibility index (Phi) is 1.79. The minimum absolute atomic E-state index is 0.160. The zero-order valence-corrected chi connectivity index (χ0v) is 8.33. The molecule has 3 fully saturated rings. The Balaban J connectivity index is 2.27. The topological polar surface area (TPSA) is 66.5 Å². The third kappa shape index (κ3) is 0.953. The van der Waals surface area contributed by atoms with Crippen molar-refractivity contribution in [2.75, 3.05) is 6.61 Å². The van der Waals surface area contributed by atoms with Crippen LogP contribution in [0, 0.1) is 17.3 Å². The van der Waals surface area contributed by atoms with Gasteiger partial charge in [0.05, 0.1) is 6.61 Å². The standard InChI is InChI=1S/C10H19NO2/c1-9(2)6-3-7(9)10(13,5-12)8(11)4-6/h6-8,12-13H,3-5,11H2,1-2H3. The van der Waals surface area contributed by atoms with E-state index in [4.69, 9.17) is 5.73 Å². The van der Waals surface area contributed by atoms with Crippen LogP contribution in [-0.4, -0.2) is 28.5 Å². The van der Waals surface area contributed by atoms with Gasteiger partial charge in [-0.2, -0.15) is 0 Å². The maximum atomic E-state index is 10.2. The normalized spacial score (nSPS) is 52.8. The van der Waals surface area contributed by atoms with Crippen LogP contribution in [0.25, 0.3) is 0 Å². The molecule has 4 N–H and O–H groups in total. The lowest BCUT2D eigenvalue weighted by Crippen LogP contribution is -2.71. The second kappa shape index (κ2) is 2.47. The molecule has 0 heterocycles. The molecular weight excluding hydrogens is 166 g/mol. The highest BCUT2D eigenvalue weighted by atomic mass is 16.3. The Morgan fingerprint density at radius 1 is 1.38 bits per heavy atom. The van der Waals surface area contributed by atoms with Gasteiger partial charge in [0.2, 0.25) is 0 Å². The molecule has 3 aliphatic carbocycles. The van der Waals surface area contributed by atoms with Gasteiger partial charge in [0.25, 0.3) is 0 Å². The number of aliphatic hydroxyl groups excluding tert-OH is 1. The largest absolute Gasteiger partial charge is 0.393 e. The third-order valence-electron chi connectivity index (χ3n) is 4.51. The van der Waals surface area contributed by atoms with E-state index in [1.807, 2.05) is 0 Å². The summed E-state index contributed by atoms with van der Waals surface area (Å²) in [6, 6.07) is -0.241. The molecular formula is C10H19NO2. The van der Waals surface area contributed by atoms with Gasteiger partial charge in [-0.3, -0.25) is 0 Å². The van der Waals surface area contributed by atoms with Crippen molar-refractivity contribution in [3.8, 4) is 0 Å². The fraction of sp³-hybridized carbons (Fsp3) is 1.00. The van der Waals surface area contributed by atoms with E-state index in [-0.39, 0.29) is 24.0 Å². The van der Waals surface area contributed by atoms with Crippen molar-refractivity contribution in [2.24, 2.45) is 23.0 Å². The molecule has 76 valence electrons. The molecule has 3 nitrogen and oxygen atoms in total. The molecule has 4 atom stereocenters. The number of aliphatic hydroxyl groups is 2. The second-order valence-electron chi connectivity index (χ2n) is 5.30. The van der Waals surface area contributed by atoms with Crippen LogP contribution in [0.5, 0.6) is 0 Å². The zero-order chi connectivity index (χ0) is 9.85. The quantitative estimate of drug-likeness (QED) is 0.543. The molecule has 3 rings (SSSR count). The van der Waals surface area contributed by atoms with Gasteiger partial charge in [-0.25, -0.2) is 0 Å². The van der Waals surface area contributed by atoms with E-state index < -0.39 is 5.60 Å². The highest BCUT2D eigenvalue weighted by Gasteiger charge is 2.63. The average Bonchev–Trinajstić information content (AvgIpc) is 2.08. The molecule has 0 aromatic carbocycles. The summed E-state index contributed by atoms with van der Waals surface area (Å²) in [4.78, 5) is 0. The van der Waals surface area contributed by atoms with Crippen LogP contribution in [0.1, 0.15) is 26.7 Å². The first-order valence-electron chi connectivity index (χ1n) is 5.01. The Hall–Kier alpha value is -0.120. The van der Waals surface area contributed by atoms with E-state index in [9.17, 15) is 10.2 Å². The van der Waals surface area contributed by atoms with Crippen LogP contribution in [0.15, 0.2) is 0 Å². The lowest BCUT2D eigenvalue weighted by molar-refractivity contribution is -0.225. The third-order valence-corrected chi connectivity index (χ3v) is 4.51. The molecule has 4 unspecified atom stereocenters. The second-order valence-corrected chi connectivity index (χ2v) is 5.30. The fourth-order valence-corrected chi connectivity index (χ4v) is 3.26. The summed E-state index contributed by atoms with van der Waals surface area (Å²) in [5, 5.41) is 19.4. The molecule has 2 bridgehead atoms. The summed E-state index contributed by atoms with van der Waals surface area (Å²) in [5.41, 5.74) is 4.99. The first kappa shape index (κ1) is 9.44. The monoisotopic (exact) mass is 185 g/mol. The number of hydrogen-bond donors (Lipinski definition) is 3. The minimum atomic E-state index is -1.03. The van der Waals surface area contributed by atoms with E-state index in [1.54, 1.807) is 0 Å². The number of hydrogen-bond acceptors (Lipinski definition) is 3. The predicted molar refractivity (Wildman–Crippen MR) is 50.0 cm³/mol. The average molecular weight is 185 g/mol. The molecule has 3 aliphatic rings. The number of fused-ring (bicyclic) bond motifs is 2. The van der Waals surface area contributed by atoms with E-state index in [0.717, 1.165) is 12.8 Å². The Bertz CT molecular complexity index is 229. The van der Waals surface area contributed by atoms with Gasteiger partial charge in [0.1, 0.15) is 5.60 Å². The molecule has 0 amide bonds. The fourth-order valence-electron chi connectivity index (χ4n) is 3.26. The van der Waals surface area contributed by atoms with Gasteiger partial charge < -0.3 is 15.9 Å². The van der Waals surface area contributed by atoms with Crippen molar-refractivity contribution in [2.45, 2.75) is 38.3 Å². The molecule has 3 heteroatoms. The van der Waals surface area contributed by atoms with E-state index >= 15 is 0 Å². The van der Waals surface area contributed by atoms with Gasteiger partial charge in [0.15, 0.2) is 0 Å². The van der Waals surface area contributed by atoms with E-state index in [2.05, 4.69) is 13.8 Å². The van der Waals surface area contributed by atoms with Crippen LogP contribution in [0.2, 0.25) is 0 Å². The number of nitrogens with two attached hydrogens (primary N) is 1. The van der Waals surface area contributed by atoms with Crippen LogP contribution < -0.4 is 5.73 Å². The SMILES string of the molecule is CC1(C)C2CC(N)C(O)(CO)C1C2. The van der Waals surface area contributed by atoms with Gasteiger partial charge in [-0.05, 0) is 30.1 Å². The lowest BCUT2D eigenvalue weighted by Gasteiger charge is -2.65. The zero-order valence-electron chi connectivity index (χ0n) is 8.33. The summed E-state index contributed by atoms with van der Waals surface area (Å²) in [6.07, 6.45) is 1.87. The lowest BCUT2D eigenvalue weighted by atomic mass is 9.43. The summed E-state index contributed by atoms with van der Waals surface area (Å²) < 4.78 is 0. The van der Waals surface area contributed by atoms with Crippen molar-refractivity contribution in [3.05, 3.63) is 0 Å². The van der Waals surface area contributed by atoms with Crippen LogP contribution >= 0.6 is 0 Å². The smallest absolute Gasteiger partial charge is 0.106 e. The highest BCUT2D eigenvalue weighted by Crippen LogP contribution is 2.62. The number of rotatable bonds is 1. The van der Waals surface area contributed by atoms with Gasteiger partial charge >= 0.3 is 0 Å². The molecule has 0 aromatic rings. The maximum Gasteiger partial charge on any atom is 0.106 e. The maximum absolute atomic E-state index is 10.2. The van der Waals surface area contributed by atoms with Crippen molar-refractivity contribution >= 4 is 0 Å². The highest BCUT2D eigenvalue weighted by molar-refractivity contribution is 5.15. The first-order chi connectivity index (χ1) is 5.93. The molecule has 13 heavy (non-hydrogen) atoms. The van der Waals surface area contributed by atoms with E-state index in [1.165, 1.54) is 0 Å². The van der Waals surface area contributed by atoms with Crippen molar-refractivity contribution in [1.29, 1.82) is 0 Å². The molecule has 0 saturated heterocycles. The summed E-state index contributed by atoms with van der Waals surface area (Å²) in [7, 11) is 0. The van der Waals surface area contributed by atoms with Crippen molar-refractivity contribution < 1.29 is 10.2 Å².